The summed E-state index contributed by atoms with van der Waals surface area (Å²) in [5.74, 6) is -4.85. The fourth-order valence-electron chi connectivity index (χ4n) is 2.43. The van der Waals surface area contributed by atoms with Crippen molar-refractivity contribution in [2.24, 2.45) is 0 Å². The molecule has 0 atom stereocenters. The Morgan fingerprint density at radius 3 is 2.74 bits per heavy atom. The van der Waals surface area contributed by atoms with Crippen molar-refractivity contribution in [2.45, 2.75) is 37.7 Å². The zero-order chi connectivity index (χ0) is 16.7. The molecule has 23 heavy (non-hydrogen) atoms. The minimum Gasteiger partial charge on any atom is -0.383 e. The van der Waals surface area contributed by atoms with E-state index >= 15 is 0 Å². The first-order chi connectivity index (χ1) is 10.8. The summed E-state index contributed by atoms with van der Waals surface area (Å²) in [5.41, 5.74) is -1.55. The van der Waals surface area contributed by atoms with E-state index in [2.05, 4.69) is 20.8 Å². The minimum atomic E-state index is -3.84. The molecule has 1 saturated carbocycles. The number of nitrogens with zero attached hydrogens (tertiary/aromatic N) is 4. The third-order valence-corrected chi connectivity index (χ3v) is 4.02. The molecule has 1 fully saturated rings. The summed E-state index contributed by atoms with van der Waals surface area (Å²) in [4.78, 5) is 11.9. The molecule has 0 unspecified atom stereocenters. The second kappa shape index (κ2) is 5.34. The van der Waals surface area contributed by atoms with Gasteiger partial charge in [-0.25, -0.2) is 0 Å². The molecule has 2 aromatic rings. The summed E-state index contributed by atoms with van der Waals surface area (Å²) >= 11 is 0. The normalized spacial score (nSPS) is 16.7. The summed E-state index contributed by atoms with van der Waals surface area (Å²) in [6.07, 6.45) is 0.308. The number of hydrogen-bond acceptors (Lipinski definition) is 5. The number of tetrazole rings is 1. The lowest BCUT2D eigenvalue weighted by atomic mass is 9.75. The predicted molar refractivity (Wildman–Crippen MR) is 76.3 cm³/mol. The van der Waals surface area contributed by atoms with Crippen LogP contribution in [-0.2, 0) is 4.79 Å². The van der Waals surface area contributed by atoms with Gasteiger partial charge in [0.2, 0.25) is 0 Å². The monoisotopic (exact) mass is 323 g/mol. The molecule has 3 rings (SSSR count). The zero-order valence-electron chi connectivity index (χ0n) is 12.3. The molecule has 1 aliphatic carbocycles. The molecule has 122 valence electrons. The van der Waals surface area contributed by atoms with E-state index in [-0.39, 0.29) is 18.5 Å². The van der Waals surface area contributed by atoms with Gasteiger partial charge in [-0.3, -0.25) is 4.79 Å². The highest BCUT2D eigenvalue weighted by molar-refractivity contribution is 5.97. The van der Waals surface area contributed by atoms with Gasteiger partial charge in [0.25, 0.3) is 5.91 Å². The summed E-state index contributed by atoms with van der Waals surface area (Å²) < 4.78 is 29.6. The van der Waals surface area contributed by atoms with E-state index in [4.69, 9.17) is 0 Å². The highest BCUT2D eigenvalue weighted by Gasteiger charge is 2.61. The molecule has 0 radical (unpaired) electrons. The highest BCUT2D eigenvalue weighted by atomic mass is 19.3. The van der Waals surface area contributed by atoms with Crippen molar-refractivity contribution in [3.05, 3.63) is 30.1 Å². The first-order valence-corrected chi connectivity index (χ1v) is 7.10. The summed E-state index contributed by atoms with van der Waals surface area (Å²) in [6.45, 7) is 1.69. The van der Waals surface area contributed by atoms with E-state index in [0.717, 1.165) is 0 Å². The fourth-order valence-corrected chi connectivity index (χ4v) is 2.43. The first-order valence-electron chi connectivity index (χ1n) is 7.10. The largest absolute Gasteiger partial charge is 0.383 e. The number of aliphatic hydroxyl groups is 1. The number of carbonyl (C=O) groups is 1. The van der Waals surface area contributed by atoms with Crippen LogP contribution >= 0.6 is 0 Å². The molecular formula is C14H15F2N5O2. The summed E-state index contributed by atoms with van der Waals surface area (Å²) in [5, 5.41) is 22.9. The molecule has 1 aromatic carbocycles. The van der Waals surface area contributed by atoms with Crippen LogP contribution < -0.4 is 5.32 Å². The van der Waals surface area contributed by atoms with Crippen LogP contribution in [0.1, 0.15) is 25.1 Å². The number of hydrogen-bond donors (Lipinski definition) is 2. The van der Waals surface area contributed by atoms with Crippen LogP contribution in [0.15, 0.2) is 24.3 Å². The number of rotatable bonds is 4. The molecule has 9 heteroatoms. The quantitative estimate of drug-likeness (QED) is 0.888. The Kier molecular flexibility index (Phi) is 3.59. The molecule has 1 aromatic heterocycles. The maximum atomic E-state index is 14.1. The lowest BCUT2D eigenvalue weighted by molar-refractivity contribution is -0.212. The number of nitrogens with one attached hydrogen (secondary N) is 1. The zero-order valence-corrected chi connectivity index (χ0v) is 12.3. The van der Waals surface area contributed by atoms with Crippen LogP contribution in [0.4, 0.5) is 14.5 Å². The van der Waals surface area contributed by atoms with Gasteiger partial charge in [-0.1, -0.05) is 6.07 Å². The molecule has 7 nitrogen and oxygen atoms in total. The van der Waals surface area contributed by atoms with Gasteiger partial charge in [-0.15, -0.1) is 5.10 Å². The molecule has 0 aliphatic heterocycles. The average Bonchev–Trinajstić information content (AvgIpc) is 2.91. The van der Waals surface area contributed by atoms with Crippen LogP contribution in [0.5, 0.6) is 0 Å². The van der Waals surface area contributed by atoms with Gasteiger partial charge in [0.05, 0.1) is 5.69 Å². The standard InChI is InChI=1S/C14H15F2N5O2/c1-9-18-19-20-21(9)11-5-2-4-10(8-11)17-12(22)14(15,16)13(23)6-3-7-13/h2,4-5,8,23H,3,6-7H2,1H3,(H,17,22). The Morgan fingerprint density at radius 1 is 1.43 bits per heavy atom. The van der Waals surface area contributed by atoms with Crippen LogP contribution in [0.25, 0.3) is 5.69 Å². The Morgan fingerprint density at radius 2 is 2.17 bits per heavy atom. The van der Waals surface area contributed by atoms with Crippen molar-refractivity contribution in [3.63, 3.8) is 0 Å². The molecule has 2 N–H and O–H groups in total. The molecular weight excluding hydrogens is 308 g/mol. The number of benzene rings is 1. The number of anilines is 1. The van der Waals surface area contributed by atoms with Crippen molar-refractivity contribution >= 4 is 11.6 Å². The SMILES string of the molecule is Cc1nnnn1-c1cccc(NC(=O)C(F)(F)C2(O)CCC2)c1. The third kappa shape index (κ3) is 2.56. The van der Waals surface area contributed by atoms with Crippen molar-refractivity contribution in [2.75, 3.05) is 5.32 Å². The molecule has 1 amide bonds. The number of halogens is 2. The maximum absolute atomic E-state index is 14.1. The predicted octanol–water partition coefficient (Wildman–Crippen LogP) is 1.46. The molecule has 0 saturated heterocycles. The van der Waals surface area contributed by atoms with E-state index in [0.29, 0.717) is 17.9 Å². The maximum Gasteiger partial charge on any atom is 0.352 e. The molecule has 0 spiro atoms. The average molecular weight is 323 g/mol. The van der Waals surface area contributed by atoms with Crippen LogP contribution in [0.2, 0.25) is 0 Å². The molecule has 1 aliphatic rings. The van der Waals surface area contributed by atoms with E-state index in [1.807, 2.05) is 0 Å². The van der Waals surface area contributed by atoms with Gasteiger partial charge in [0.1, 0.15) is 5.60 Å². The second-order valence-electron chi connectivity index (χ2n) is 5.60. The van der Waals surface area contributed by atoms with Crippen LogP contribution in [0.3, 0.4) is 0 Å². The van der Waals surface area contributed by atoms with Crippen LogP contribution in [0, 0.1) is 6.92 Å². The topological polar surface area (TPSA) is 92.9 Å². The van der Waals surface area contributed by atoms with Gasteiger partial charge in [-0.05, 0) is 54.8 Å². The highest BCUT2D eigenvalue weighted by Crippen LogP contribution is 2.44. The number of carbonyl (C=O) groups excluding carboxylic acids is 1. The number of alkyl halides is 2. The van der Waals surface area contributed by atoms with Crippen molar-refractivity contribution < 1.29 is 18.7 Å². The lowest BCUT2D eigenvalue weighted by Crippen LogP contribution is -2.59. The Bertz CT molecular complexity index is 742. The van der Waals surface area contributed by atoms with Gasteiger partial charge in [-0.2, -0.15) is 13.5 Å². The van der Waals surface area contributed by atoms with Crippen molar-refractivity contribution in [1.29, 1.82) is 0 Å². The number of amides is 1. The third-order valence-electron chi connectivity index (χ3n) is 4.02. The lowest BCUT2D eigenvalue weighted by Gasteiger charge is -2.41. The number of aryl methyl sites for hydroxylation is 1. The van der Waals surface area contributed by atoms with E-state index in [1.54, 1.807) is 19.1 Å². The number of aromatic nitrogens is 4. The Labute approximate surface area is 130 Å². The van der Waals surface area contributed by atoms with E-state index < -0.39 is 17.4 Å². The fraction of sp³-hybridized carbons (Fsp3) is 0.429. The van der Waals surface area contributed by atoms with Gasteiger partial charge >= 0.3 is 5.92 Å². The van der Waals surface area contributed by atoms with Gasteiger partial charge < -0.3 is 10.4 Å². The summed E-state index contributed by atoms with van der Waals surface area (Å²) in [6, 6.07) is 6.21. The second-order valence-corrected chi connectivity index (χ2v) is 5.60. The van der Waals surface area contributed by atoms with Crippen molar-refractivity contribution in [1.82, 2.24) is 20.2 Å². The van der Waals surface area contributed by atoms with E-state index in [9.17, 15) is 18.7 Å². The molecule has 1 heterocycles. The minimum absolute atomic E-state index is 0.0860. The van der Waals surface area contributed by atoms with Gasteiger partial charge in [0.15, 0.2) is 5.82 Å². The summed E-state index contributed by atoms with van der Waals surface area (Å²) in [7, 11) is 0. The van der Waals surface area contributed by atoms with Gasteiger partial charge in [0, 0.05) is 5.69 Å². The molecule has 0 bridgehead atoms. The van der Waals surface area contributed by atoms with E-state index in [1.165, 1.54) is 16.8 Å². The Balaban J connectivity index is 1.81. The first kappa shape index (κ1) is 15.5. The smallest absolute Gasteiger partial charge is 0.352 e. The Hall–Kier alpha value is -2.42. The van der Waals surface area contributed by atoms with Crippen molar-refractivity contribution in [3.8, 4) is 5.69 Å². The van der Waals surface area contributed by atoms with Crippen LogP contribution in [-0.4, -0.2) is 42.7 Å².